The summed E-state index contributed by atoms with van der Waals surface area (Å²) in [7, 11) is 1.79. The first-order valence-electron chi connectivity index (χ1n) is 7.92. The van der Waals surface area contributed by atoms with Gasteiger partial charge in [-0.3, -0.25) is 4.79 Å². The zero-order chi connectivity index (χ0) is 14.9. The van der Waals surface area contributed by atoms with Crippen LogP contribution in [0.1, 0.15) is 31.2 Å². The predicted molar refractivity (Wildman–Crippen MR) is 83.7 cm³/mol. The lowest BCUT2D eigenvalue weighted by Crippen LogP contribution is -2.59. The van der Waals surface area contributed by atoms with E-state index in [0.29, 0.717) is 6.54 Å². The normalized spacial score (nSPS) is 21.3. The lowest BCUT2D eigenvalue weighted by molar-refractivity contribution is -0.145. The maximum absolute atomic E-state index is 11.9. The summed E-state index contributed by atoms with van der Waals surface area (Å²) in [4.78, 5) is 14.2. The van der Waals surface area contributed by atoms with Crippen LogP contribution in [-0.4, -0.2) is 36.8 Å². The third kappa shape index (κ3) is 2.64. The van der Waals surface area contributed by atoms with Gasteiger partial charge in [-0.1, -0.05) is 18.2 Å². The van der Waals surface area contributed by atoms with Crippen LogP contribution in [0.25, 0.3) is 0 Å². The Balaban J connectivity index is 1.90. The molecule has 21 heavy (non-hydrogen) atoms. The van der Waals surface area contributed by atoms with Crippen molar-refractivity contribution in [3.05, 3.63) is 29.8 Å². The number of hydrogen-bond acceptors (Lipinski definition) is 3. The smallest absolute Gasteiger partial charge is 0.326 e. The number of rotatable bonds is 5. The Morgan fingerprint density at radius 1 is 1.38 bits per heavy atom. The number of hydrogen-bond donors (Lipinski definition) is 2. The van der Waals surface area contributed by atoms with Crippen molar-refractivity contribution in [2.75, 3.05) is 25.0 Å². The van der Waals surface area contributed by atoms with Crippen LogP contribution in [0.2, 0.25) is 0 Å². The van der Waals surface area contributed by atoms with Crippen molar-refractivity contribution < 1.29 is 9.90 Å². The zero-order valence-corrected chi connectivity index (χ0v) is 12.6. The van der Waals surface area contributed by atoms with Crippen molar-refractivity contribution >= 4 is 11.7 Å². The Bertz CT molecular complexity index is 527. The van der Waals surface area contributed by atoms with E-state index in [1.54, 1.807) is 7.05 Å². The Morgan fingerprint density at radius 3 is 2.81 bits per heavy atom. The van der Waals surface area contributed by atoms with Gasteiger partial charge in [0.25, 0.3) is 0 Å². The number of anilines is 1. The molecular formula is C17H24N2O2. The number of carboxylic acid groups (broad SMARTS) is 1. The van der Waals surface area contributed by atoms with Gasteiger partial charge in [0.15, 0.2) is 0 Å². The third-order valence-corrected chi connectivity index (χ3v) is 5.00. The number of aliphatic carboxylic acids is 1. The van der Waals surface area contributed by atoms with E-state index in [1.807, 2.05) is 0 Å². The molecule has 1 heterocycles. The molecule has 0 radical (unpaired) electrons. The number of nitrogens with zero attached hydrogens (tertiary/aromatic N) is 1. The topological polar surface area (TPSA) is 52.6 Å². The summed E-state index contributed by atoms with van der Waals surface area (Å²) in [6.07, 6.45) is 5.43. The zero-order valence-electron chi connectivity index (χ0n) is 12.6. The van der Waals surface area contributed by atoms with E-state index >= 15 is 0 Å². The Kier molecular flexibility index (Phi) is 3.89. The van der Waals surface area contributed by atoms with E-state index < -0.39 is 11.5 Å². The number of aryl methyl sites for hydroxylation is 1. The monoisotopic (exact) mass is 288 g/mol. The van der Waals surface area contributed by atoms with E-state index in [4.69, 9.17) is 0 Å². The van der Waals surface area contributed by atoms with Gasteiger partial charge in [-0.15, -0.1) is 0 Å². The second kappa shape index (κ2) is 5.68. The standard InChI is InChI=1S/C17H24N2O2/c1-18-17(16(20)21,14-9-10-14)12-19-11-5-4-7-13-6-2-3-8-15(13)19/h2-3,6,8,14,18H,4-5,7,9-12H2,1H3,(H,20,21). The first kappa shape index (κ1) is 14.4. The van der Waals surface area contributed by atoms with Crippen LogP contribution in [-0.2, 0) is 11.2 Å². The van der Waals surface area contributed by atoms with Crippen LogP contribution in [0.5, 0.6) is 0 Å². The summed E-state index contributed by atoms with van der Waals surface area (Å²) in [5.74, 6) is -0.454. The Hall–Kier alpha value is -1.55. The maximum atomic E-state index is 11.9. The van der Waals surface area contributed by atoms with Gasteiger partial charge in [0, 0.05) is 18.8 Å². The number of carbonyl (C=O) groups is 1. The highest BCUT2D eigenvalue weighted by atomic mass is 16.4. The molecule has 1 aliphatic carbocycles. The number of nitrogens with one attached hydrogen (secondary N) is 1. The van der Waals surface area contributed by atoms with E-state index in [2.05, 4.69) is 34.5 Å². The average molecular weight is 288 g/mol. The Morgan fingerprint density at radius 2 is 2.14 bits per heavy atom. The highest BCUT2D eigenvalue weighted by molar-refractivity contribution is 5.81. The van der Waals surface area contributed by atoms with Crippen molar-refractivity contribution in [2.45, 2.75) is 37.6 Å². The van der Waals surface area contributed by atoms with E-state index in [-0.39, 0.29) is 5.92 Å². The SMILES string of the molecule is CNC(CN1CCCCc2ccccc21)(C(=O)O)C1CC1. The summed E-state index contributed by atoms with van der Waals surface area (Å²) in [5, 5.41) is 12.9. The fourth-order valence-corrected chi connectivity index (χ4v) is 3.57. The van der Waals surface area contributed by atoms with Crippen molar-refractivity contribution in [1.29, 1.82) is 0 Å². The molecule has 1 aliphatic heterocycles. The van der Waals surface area contributed by atoms with Crippen LogP contribution in [0.3, 0.4) is 0 Å². The highest BCUT2D eigenvalue weighted by Gasteiger charge is 2.51. The molecule has 0 amide bonds. The lowest BCUT2D eigenvalue weighted by Gasteiger charge is -2.36. The fourth-order valence-electron chi connectivity index (χ4n) is 3.57. The number of carboxylic acids is 1. The molecule has 1 unspecified atom stereocenters. The molecule has 114 valence electrons. The number of para-hydroxylation sites is 1. The van der Waals surface area contributed by atoms with Crippen LogP contribution < -0.4 is 10.2 Å². The van der Waals surface area contributed by atoms with Gasteiger partial charge < -0.3 is 15.3 Å². The van der Waals surface area contributed by atoms with Crippen LogP contribution in [0.4, 0.5) is 5.69 Å². The van der Waals surface area contributed by atoms with Gasteiger partial charge >= 0.3 is 5.97 Å². The molecule has 1 aromatic rings. The fraction of sp³-hybridized carbons (Fsp3) is 0.588. The summed E-state index contributed by atoms with van der Waals surface area (Å²) in [6.45, 7) is 1.50. The summed E-state index contributed by atoms with van der Waals surface area (Å²) in [5.41, 5.74) is 1.76. The number of likely N-dealkylation sites (N-methyl/N-ethyl adjacent to an activating group) is 1. The number of fused-ring (bicyclic) bond motifs is 1. The molecule has 4 nitrogen and oxygen atoms in total. The van der Waals surface area contributed by atoms with E-state index in [1.165, 1.54) is 17.7 Å². The molecule has 1 fully saturated rings. The van der Waals surface area contributed by atoms with Crippen molar-refractivity contribution in [3.8, 4) is 0 Å². The molecular weight excluding hydrogens is 264 g/mol. The first-order chi connectivity index (χ1) is 10.2. The van der Waals surface area contributed by atoms with Crippen LogP contribution >= 0.6 is 0 Å². The van der Waals surface area contributed by atoms with Gasteiger partial charge in [0.1, 0.15) is 5.54 Å². The lowest BCUT2D eigenvalue weighted by atomic mass is 9.92. The van der Waals surface area contributed by atoms with E-state index in [0.717, 1.165) is 32.2 Å². The molecule has 0 saturated heterocycles. The molecule has 2 aliphatic rings. The van der Waals surface area contributed by atoms with Gasteiger partial charge in [-0.05, 0) is 56.7 Å². The third-order valence-electron chi connectivity index (χ3n) is 5.00. The van der Waals surface area contributed by atoms with Crippen molar-refractivity contribution in [2.24, 2.45) is 5.92 Å². The molecule has 0 bridgehead atoms. The minimum atomic E-state index is -0.808. The summed E-state index contributed by atoms with van der Waals surface area (Å²) in [6, 6.07) is 8.43. The highest BCUT2D eigenvalue weighted by Crippen LogP contribution is 2.41. The summed E-state index contributed by atoms with van der Waals surface area (Å²) < 4.78 is 0. The second-order valence-electron chi connectivity index (χ2n) is 6.31. The average Bonchev–Trinajstić information content (AvgIpc) is 3.32. The van der Waals surface area contributed by atoms with Crippen LogP contribution in [0, 0.1) is 5.92 Å². The quantitative estimate of drug-likeness (QED) is 0.873. The molecule has 1 aromatic carbocycles. The maximum Gasteiger partial charge on any atom is 0.326 e. The van der Waals surface area contributed by atoms with Crippen molar-refractivity contribution in [3.63, 3.8) is 0 Å². The second-order valence-corrected chi connectivity index (χ2v) is 6.31. The molecule has 0 spiro atoms. The Labute approximate surface area is 126 Å². The van der Waals surface area contributed by atoms with Crippen LogP contribution in [0.15, 0.2) is 24.3 Å². The molecule has 0 aromatic heterocycles. The predicted octanol–water partition coefficient (Wildman–Crippen LogP) is 2.28. The van der Waals surface area contributed by atoms with E-state index in [9.17, 15) is 9.90 Å². The largest absolute Gasteiger partial charge is 0.480 e. The number of benzene rings is 1. The van der Waals surface area contributed by atoms with Gasteiger partial charge in [-0.2, -0.15) is 0 Å². The molecule has 1 atom stereocenters. The van der Waals surface area contributed by atoms with Gasteiger partial charge in [0.05, 0.1) is 0 Å². The molecule has 4 heteroatoms. The first-order valence-corrected chi connectivity index (χ1v) is 7.92. The minimum absolute atomic E-state index is 0.260. The van der Waals surface area contributed by atoms with Crippen molar-refractivity contribution in [1.82, 2.24) is 5.32 Å². The molecule has 3 rings (SSSR count). The van der Waals surface area contributed by atoms with Gasteiger partial charge in [-0.25, -0.2) is 0 Å². The van der Waals surface area contributed by atoms with Gasteiger partial charge in [0.2, 0.25) is 0 Å². The summed E-state index contributed by atoms with van der Waals surface area (Å²) >= 11 is 0. The molecule has 1 saturated carbocycles. The minimum Gasteiger partial charge on any atom is -0.480 e. The molecule has 2 N–H and O–H groups in total.